The lowest BCUT2D eigenvalue weighted by molar-refractivity contribution is -0.120. The van der Waals surface area contributed by atoms with Crippen LogP contribution >= 0.6 is 0 Å². The van der Waals surface area contributed by atoms with Crippen LogP contribution in [0.5, 0.6) is 0 Å². The van der Waals surface area contributed by atoms with E-state index in [0.717, 1.165) is 23.2 Å². The fourth-order valence-corrected chi connectivity index (χ4v) is 3.86. The van der Waals surface area contributed by atoms with Crippen molar-refractivity contribution in [1.29, 1.82) is 0 Å². The molecule has 3 atom stereocenters. The summed E-state index contributed by atoms with van der Waals surface area (Å²) in [5, 5.41) is 2.76. The summed E-state index contributed by atoms with van der Waals surface area (Å²) in [6.45, 7) is 0.138. The third kappa shape index (κ3) is 5.99. The minimum absolute atomic E-state index is 0.138. The number of hydrogen-bond donors (Lipinski definition) is 2. The van der Waals surface area contributed by atoms with Gasteiger partial charge in [0, 0.05) is 31.1 Å². The molecule has 33 heavy (non-hydrogen) atoms. The van der Waals surface area contributed by atoms with Gasteiger partial charge in [-0.15, -0.1) is 0 Å². The maximum atomic E-state index is 13.4. The molecule has 2 unspecified atom stereocenters. The first-order chi connectivity index (χ1) is 16.0. The van der Waals surface area contributed by atoms with E-state index in [-0.39, 0.29) is 18.6 Å². The number of nitrogens with zero attached hydrogens (tertiary/aromatic N) is 1. The van der Waals surface area contributed by atoms with Crippen molar-refractivity contribution in [2.45, 2.75) is 37.5 Å². The maximum absolute atomic E-state index is 13.4. The number of nitrogens with one attached hydrogen (secondary N) is 1. The van der Waals surface area contributed by atoms with Crippen LogP contribution in [0, 0.1) is 0 Å². The van der Waals surface area contributed by atoms with Crippen molar-refractivity contribution in [2.75, 3.05) is 11.9 Å². The van der Waals surface area contributed by atoms with Crippen molar-refractivity contribution in [3.8, 4) is 0 Å². The molecule has 3 N–H and O–H groups in total. The van der Waals surface area contributed by atoms with Gasteiger partial charge in [-0.3, -0.25) is 4.79 Å². The molecule has 6 nitrogen and oxygen atoms in total. The van der Waals surface area contributed by atoms with Crippen molar-refractivity contribution in [3.05, 3.63) is 102 Å². The van der Waals surface area contributed by atoms with Gasteiger partial charge in [0.1, 0.15) is 12.6 Å². The van der Waals surface area contributed by atoms with Gasteiger partial charge in [-0.2, -0.15) is 0 Å². The quantitative estimate of drug-likeness (QED) is 0.551. The summed E-state index contributed by atoms with van der Waals surface area (Å²) in [4.78, 5) is 27.5. The number of ether oxygens (including phenoxy) is 1. The molecule has 3 aromatic carbocycles. The number of nitrogens with two attached hydrogens (primary N) is 1. The van der Waals surface area contributed by atoms with E-state index < -0.39 is 12.1 Å². The molecule has 2 amide bonds. The van der Waals surface area contributed by atoms with Gasteiger partial charge in [0.2, 0.25) is 5.91 Å². The van der Waals surface area contributed by atoms with Gasteiger partial charge in [-0.25, -0.2) is 4.79 Å². The smallest absolute Gasteiger partial charge is 0.408 e. The number of rotatable bonds is 8. The fraction of sp³-hybridized carbons (Fsp3) is 0.259. The highest BCUT2D eigenvalue weighted by molar-refractivity contribution is 5.98. The third-order valence-corrected chi connectivity index (χ3v) is 5.96. The Morgan fingerprint density at radius 3 is 2.12 bits per heavy atom. The van der Waals surface area contributed by atoms with Gasteiger partial charge in [0.25, 0.3) is 0 Å². The molecule has 0 saturated heterocycles. The number of benzene rings is 3. The Hall–Kier alpha value is -3.64. The average molecular weight is 444 g/mol. The first kappa shape index (κ1) is 22.6. The molecule has 170 valence electrons. The van der Waals surface area contributed by atoms with Crippen LogP contribution in [0.3, 0.4) is 0 Å². The molecule has 0 aliphatic heterocycles. The zero-order valence-corrected chi connectivity index (χ0v) is 18.7. The normalized spacial score (nSPS) is 17.6. The molecular weight excluding hydrogens is 414 g/mol. The molecule has 0 aromatic heterocycles. The SMILES string of the molecule is CN(C(=O)C(Cc1ccccc1)NC(=O)OCc1ccccc1)c1ccc(C2C[C@H]2N)cc1. The highest BCUT2D eigenvalue weighted by Crippen LogP contribution is 2.39. The monoisotopic (exact) mass is 443 g/mol. The molecule has 6 heteroatoms. The Bertz CT molecular complexity index is 1070. The van der Waals surface area contributed by atoms with Gasteiger partial charge in [0.15, 0.2) is 0 Å². The molecule has 1 aliphatic carbocycles. The van der Waals surface area contributed by atoms with Crippen molar-refractivity contribution in [2.24, 2.45) is 5.73 Å². The number of carbonyl (C=O) groups excluding carboxylic acids is 2. The minimum atomic E-state index is -0.766. The van der Waals surface area contributed by atoms with E-state index in [1.807, 2.05) is 84.9 Å². The first-order valence-electron chi connectivity index (χ1n) is 11.2. The number of hydrogen-bond acceptors (Lipinski definition) is 4. The number of carbonyl (C=O) groups is 2. The van der Waals surface area contributed by atoms with Crippen LogP contribution < -0.4 is 16.0 Å². The highest BCUT2D eigenvalue weighted by atomic mass is 16.5. The van der Waals surface area contributed by atoms with Gasteiger partial charge < -0.3 is 20.7 Å². The standard InChI is InChI=1S/C27H29N3O3/c1-30(22-14-12-21(13-15-22)23-17-24(23)28)26(31)25(16-19-8-4-2-5-9-19)29-27(32)33-18-20-10-6-3-7-11-20/h2-15,23-25H,16-18,28H2,1H3,(H,29,32)/t23?,24-,25?/m1/s1. The largest absolute Gasteiger partial charge is 0.445 e. The average Bonchev–Trinajstić information content (AvgIpc) is 3.59. The Kier molecular flexibility index (Phi) is 7.05. The minimum Gasteiger partial charge on any atom is -0.445 e. The van der Waals surface area contributed by atoms with Crippen LogP contribution in [0.1, 0.15) is 29.0 Å². The van der Waals surface area contributed by atoms with E-state index in [1.54, 1.807) is 11.9 Å². The van der Waals surface area contributed by atoms with Gasteiger partial charge in [-0.1, -0.05) is 72.8 Å². The van der Waals surface area contributed by atoms with Crippen LogP contribution in [-0.2, 0) is 22.6 Å². The Labute approximate surface area is 194 Å². The van der Waals surface area contributed by atoms with E-state index in [0.29, 0.717) is 12.3 Å². The van der Waals surface area contributed by atoms with Gasteiger partial charge >= 0.3 is 6.09 Å². The second kappa shape index (κ2) is 10.3. The summed E-state index contributed by atoms with van der Waals surface area (Å²) in [5.41, 5.74) is 9.73. The fourth-order valence-electron chi connectivity index (χ4n) is 3.86. The molecule has 0 spiro atoms. The number of amides is 2. The van der Waals surface area contributed by atoms with Crippen LogP contribution in [0.25, 0.3) is 0 Å². The predicted molar refractivity (Wildman–Crippen MR) is 129 cm³/mol. The zero-order chi connectivity index (χ0) is 23.2. The van der Waals surface area contributed by atoms with Crippen LogP contribution in [-0.4, -0.2) is 31.1 Å². The lowest BCUT2D eigenvalue weighted by Crippen LogP contribution is -2.49. The molecular formula is C27H29N3O3. The molecule has 4 rings (SSSR count). The summed E-state index contributed by atoms with van der Waals surface area (Å²) in [5.74, 6) is 0.193. The Morgan fingerprint density at radius 1 is 0.970 bits per heavy atom. The summed E-state index contributed by atoms with van der Waals surface area (Å²) in [6, 6.07) is 26.4. The van der Waals surface area contributed by atoms with Crippen molar-refractivity contribution in [1.82, 2.24) is 5.32 Å². The summed E-state index contributed by atoms with van der Waals surface area (Å²) in [6.07, 6.45) is 0.737. The molecule has 0 heterocycles. The van der Waals surface area contributed by atoms with E-state index in [2.05, 4.69) is 5.32 Å². The predicted octanol–water partition coefficient (Wildman–Crippen LogP) is 4.00. The molecule has 1 aliphatic rings. The van der Waals surface area contributed by atoms with Gasteiger partial charge in [-0.05, 0) is 35.2 Å². The van der Waals surface area contributed by atoms with E-state index in [9.17, 15) is 9.59 Å². The maximum Gasteiger partial charge on any atom is 0.408 e. The second-order valence-electron chi connectivity index (χ2n) is 8.44. The molecule has 1 fully saturated rings. The zero-order valence-electron chi connectivity index (χ0n) is 18.7. The van der Waals surface area contributed by atoms with Crippen molar-refractivity contribution < 1.29 is 14.3 Å². The van der Waals surface area contributed by atoms with E-state index in [4.69, 9.17) is 10.5 Å². The summed E-state index contributed by atoms with van der Waals surface area (Å²) >= 11 is 0. The molecule has 1 saturated carbocycles. The van der Waals surface area contributed by atoms with Crippen molar-refractivity contribution in [3.63, 3.8) is 0 Å². The third-order valence-electron chi connectivity index (χ3n) is 5.96. The van der Waals surface area contributed by atoms with E-state index >= 15 is 0 Å². The topological polar surface area (TPSA) is 84.7 Å². The second-order valence-corrected chi connectivity index (χ2v) is 8.44. The lowest BCUT2D eigenvalue weighted by Gasteiger charge is -2.25. The van der Waals surface area contributed by atoms with Crippen molar-refractivity contribution >= 4 is 17.7 Å². The molecule has 0 bridgehead atoms. The summed E-state index contributed by atoms with van der Waals surface area (Å²) < 4.78 is 5.36. The highest BCUT2D eigenvalue weighted by Gasteiger charge is 2.34. The molecule has 3 aromatic rings. The number of likely N-dealkylation sites (N-methyl/N-ethyl adjacent to an activating group) is 1. The Balaban J connectivity index is 1.44. The number of alkyl carbamates (subject to hydrolysis) is 1. The van der Waals surface area contributed by atoms with E-state index in [1.165, 1.54) is 5.56 Å². The molecule has 0 radical (unpaired) electrons. The van der Waals surface area contributed by atoms with Crippen LogP contribution in [0.4, 0.5) is 10.5 Å². The summed E-state index contributed by atoms with van der Waals surface area (Å²) in [7, 11) is 1.72. The lowest BCUT2D eigenvalue weighted by atomic mass is 10.0. The Morgan fingerprint density at radius 2 is 1.55 bits per heavy atom. The number of anilines is 1. The van der Waals surface area contributed by atoms with Crippen LogP contribution in [0.15, 0.2) is 84.9 Å². The van der Waals surface area contributed by atoms with Crippen LogP contribution in [0.2, 0.25) is 0 Å². The van der Waals surface area contributed by atoms with Gasteiger partial charge in [0.05, 0.1) is 0 Å². The first-order valence-corrected chi connectivity index (χ1v) is 11.2.